The fourth-order valence-electron chi connectivity index (χ4n) is 5.83. The van der Waals surface area contributed by atoms with Crippen LogP contribution in [0.4, 0.5) is 4.79 Å². The van der Waals surface area contributed by atoms with E-state index >= 15 is 0 Å². The van der Waals surface area contributed by atoms with Gasteiger partial charge < -0.3 is 25.6 Å². The molecule has 0 spiro atoms. The van der Waals surface area contributed by atoms with Crippen LogP contribution in [0.15, 0.2) is 90.0 Å². The van der Waals surface area contributed by atoms with Gasteiger partial charge in [0.25, 0.3) is 0 Å². The molecule has 1 aromatic heterocycles. The van der Waals surface area contributed by atoms with E-state index in [2.05, 4.69) is 20.9 Å². The molecule has 5 rings (SSSR count). The van der Waals surface area contributed by atoms with Gasteiger partial charge in [0.2, 0.25) is 10.0 Å². The van der Waals surface area contributed by atoms with Crippen molar-refractivity contribution in [1.82, 2.24) is 29.9 Å². The Morgan fingerprint density at radius 2 is 1.74 bits per heavy atom. The van der Waals surface area contributed by atoms with Crippen LogP contribution in [0.3, 0.4) is 0 Å². The Kier molecular flexibility index (Phi) is 10.9. The molecule has 4 aromatic rings. The minimum absolute atomic E-state index is 0.00295. The smallest absolute Gasteiger partial charge is 0.315 e. The molecule has 2 amide bonds. The number of hydrogen-bond acceptors (Lipinski definition) is 8. The number of carbonyl (C=O) groups excluding carboxylic acids is 1. The van der Waals surface area contributed by atoms with E-state index in [9.17, 15) is 23.4 Å². The Morgan fingerprint density at radius 1 is 1.04 bits per heavy atom. The second-order valence-electron chi connectivity index (χ2n) is 12.2. The number of rotatable bonds is 14. The van der Waals surface area contributed by atoms with Crippen LogP contribution in [0.2, 0.25) is 0 Å². The van der Waals surface area contributed by atoms with Crippen molar-refractivity contribution in [1.29, 1.82) is 0 Å². The van der Waals surface area contributed by atoms with Gasteiger partial charge >= 0.3 is 6.03 Å². The van der Waals surface area contributed by atoms with Crippen molar-refractivity contribution in [3.63, 3.8) is 0 Å². The van der Waals surface area contributed by atoms with E-state index in [1.54, 1.807) is 18.3 Å². The van der Waals surface area contributed by atoms with E-state index in [4.69, 9.17) is 4.74 Å². The Morgan fingerprint density at radius 3 is 2.45 bits per heavy atom. The first-order chi connectivity index (χ1) is 22.5. The largest absolute Gasteiger partial charge is 0.497 e. The van der Waals surface area contributed by atoms with Crippen molar-refractivity contribution >= 4 is 16.1 Å². The molecular formula is C34H42N6O6S. The summed E-state index contributed by atoms with van der Waals surface area (Å²) in [7, 11) is -2.44. The van der Waals surface area contributed by atoms with Crippen LogP contribution in [-0.4, -0.2) is 76.4 Å². The number of urea groups is 1. The van der Waals surface area contributed by atoms with E-state index in [1.807, 2.05) is 68.4 Å². The number of benzene rings is 3. The Labute approximate surface area is 275 Å². The van der Waals surface area contributed by atoms with Crippen LogP contribution in [-0.2, 0) is 29.4 Å². The predicted octanol–water partition coefficient (Wildman–Crippen LogP) is 3.24. The van der Waals surface area contributed by atoms with Gasteiger partial charge in [-0.2, -0.15) is 4.31 Å². The number of sulfonamides is 1. The number of ether oxygens (including phenoxy) is 1. The van der Waals surface area contributed by atoms with Crippen molar-refractivity contribution in [3.8, 4) is 5.75 Å². The first kappa shape index (κ1) is 34.0. The second-order valence-corrected chi connectivity index (χ2v) is 14.1. The molecule has 0 fully saturated rings. The van der Waals surface area contributed by atoms with E-state index in [1.165, 1.54) is 28.2 Å². The van der Waals surface area contributed by atoms with Gasteiger partial charge in [0.1, 0.15) is 11.4 Å². The van der Waals surface area contributed by atoms with Crippen LogP contribution in [0.25, 0.3) is 0 Å². The van der Waals surface area contributed by atoms with Crippen molar-refractivity contribution in [3.05, 3.63) is 107 Å². The number of methoxy groups -OCH3 is 1. The van der Waals surface area contributed by atoms with Gasteiger partial charge in [0.05, 0.1) is 49.0 Å². The Hall–Kier alpha value is -4.30. The molecule has 12 nitrogen and oxygen atoms in total. The third-order valence-electron chi connectivity index (χ3n) is 8.21. The number of nitrogens with one attached hydrogen (secondary N) is 2. The summed E-state index contributed by atoms with van der Waals surface area (Å²) >= 11 is 0. The van der Waals surface area contributed by atoms with Crippen molar-refractivity contribution in [2.75, 3.05) is 20.2 Å². The average molecular weight is 663 g/mol. The topological polar surface area (TPSA) is 159 Å². The highest BCUT2D eigenvalue weighted by Crippen LogP contribution is 2.31. The number of nitrogens with zero attached hydrogens (tertiary/aromatic N) is 4. The third kappa shape index (κ3) is 8.35. The molecule has 1 aliphatic carbocycles. The summed E-state index contributed by atoms with van der Waals surface area (Å²) < 4.78 is 35.5. The number of aromatic nitrogens is 3. The molecule has 0 unspecified atom stereocenters. The maximum atomic E-state index is 13.8. The van der Waals surface area contributed by atoms with Crippen LogP contribution in [0, 0.1) is 5.92 Å². The third-order valence-corrected chi connectivity index (χ3v) is 10.1. The highest BCUT2D eigenvalue weighted by Gasteiger charge is 2.33. The van der Waals surface area contributed by atoms with Crippen molar-refractivity contribution in [2.24, 2.45) is 5.92 Å². The summed E-state index contributed by atoms with van der Waals surface area (Å²) in [6.45, 7) is 3.92. The lowest BCUT2D eigenvalue weighted by Gasteiger charge is -2.30. The molecule has 3 aromatic carbocycles. The summed E-state index contributed by atoms with van der Waals surface area (Å²) in [6, 6.07) is 21.7. The molecule has 13 heteroatoms. The summed E-state index contributed by atoms with van der Waals surface area (Å²) in [5, 5.41) is 36.3. The van der Waals surface area contributed by atoms with Crippen LogP contribution in [0.5, 0.6) is 5.75 Å². The molecule has 0 saturated carbocycles. The van der Waals surface area contributed by atoms with Gasteiger partial charge in [0, 0.05) is 19.5 Å². The normalized spacial score (nSPS) is 17.3. The minimum atomic E-state index is -3.95. The summed E-state index contributed by atoms with van der Waals surface area (Å²) in [5.74, 6) is 0.537. The highest BCUT2D eigenvalue weighted by atomic mass is 32.2. The summed E-state index contributed by atoms with van der Waals surface area (Å²) in [5.41, 5.74) is 3.26. The van der Waals surface area contributed by atoms with E-state index in [0.717, 1.165) is 16.7 Å². The van der Waals surface area contributed by atoms with Crippen molar-refractivity contribution < 1.29 is 28.2 Å². The standard InChI is InChI=1S/C34H42N6O6S/c1-23(2)20-39(47(44,45)28-15-13-27(46-3)14-16-28)22-32(42)30(17-24-9-5-4-6-10-24)40-21-26(37-38-40)19-35-34(43)36-33-29-12-8-7-11-25(29)18-31(33)41/h4-16,21,23,30-33,41-42H,17-20,22H2,1-3H3,(H2,35,36,43)/t30-,31+,32+,33-/m0/s1. The lowest BCUT2D eigenvalue weighted by Crippen LogP contribution is -2.43. The predicted molar refractivity (Wildman–Crippen MR) is 176 cm³/mol. The molecule has 1 heterocycles. The maximum absolute atomic E-state index is 13.8. The van der Waals surface area contributed by atoms with Gasteiger partial charge in [0.15, 0.2) is 0 Å². The number of aliphatic hydroxyl groups excluding tert-OH is 2. The Balaban J connectivity index is 1.31. The van der Waals surface area contributed by atoms with E-state index < -0.39 is 40.3 Å². The second kappa shape index (κ2) is 15.1. The van der Waals surface area contributed by atoms with Crippen LogP contribution >= 0.6 is 0 Å². The molecule has 0 radical (unpaired) electrons. The number of aliphatic hydroxyl groups is 2. The number of fused-ring (bicyclic) bond motifs is 1. The van der Waals surface area contributed by atoms with Gasteiger partial charge in [-0.3, -0.25) is 0 Å². The first-order valence-electron chi connectivity index (χ1n) is 15.6. The van der Waals surface area contributed by atoms with E-state index in [0.29, 0.717) is 24.3 Å². The van der Waals surface area contributed by atoms with Crippen LogP contribution in [0.1, 0.15) is 48.3 Å². The molecule has 0 aliphatic heterocycles. The number of amides is 2. The molecule has 4 atom stereocenters. The van der Waals surface area contributed by atoms with Crippen LogP contribution < -0.4 is 15.4 Å². The molecule has 250 valence electrons. The minimum Gasteiger partial charge on any atom is -0.497 e. The summed E-state index contributed by atoms with van der Waals surface area (Å²) in [6.07, 6.45) is 0.591. The number of carbonyl (C=O) groups is 1. The van der Waals surface area contributed by atoms with Gasteiger partial charge in [-0.05, 0) is 53.3 Å². The molecule has 1 aliphatic rings. The maximum Gasteiger partial charge on any atom is 0.315 e. The SMILES string of the molecule is COc1ccc(S(=O)(=O)N(CC(C)C)C[C@@H](O)[C@H](Cc2ccccc2)n2cc(CNC(=O)N[C@H]3c4ccccc4C[C@H]3O)nn2)cc1. The zero-order valence-corrected chi connectivity index (χ0v) is 27.5. The lowest BCUT2D eigenvalue weighted by molar-refractivity contribution is 0.0821. The first-order valence-corrected chi connectivity index (χ1v) is 17.1. The molecule has 0 bridgehead atoms. The summed E-state index contributed by atoms with van der Waals surface area (Å²) in [4.78, 5) is 12.9. The quantitative estimate of drug-likeness (QED) is 0.160. The van der Waals surface area contributed by atoms with Gasteiger partial charge in [-0.1, -0.05) is 73.7 Å². The average Bonchev–Trinajstić information content (AvgIpc) is 3.66. The van der Waals surface area contributed by atoms with Crippen molar-refractivity contribution in [2.45, 2.75) is 62.4 Å². The molecule has 4 N–H and O–H groups in total. The number of hydrogen-bond donors (Lipinski definition) is 4. The zero-order chi connectivity index (χ0) is 33.6. The van der Waals surface area contributed by atoms with E-state index in [-0.39, 0.29) is 30.4 Å². The van der Waals surface area contributed by atoms with Gasteiger partial charge in [-0.25, -0.2) is 17.9 Å². The fourth-order valence-corrected chi connectivity index (χ4v) is 7.46. The molecule has 47 heavy (non-hydrogen) atoms. The molecule has 0 saturated heterocycles. The highest BCUT2D eigenvalue weighted by molar-refractivity contribution is 7.89. The fraction of sp³-hybridized carbons (Fsp3) is 0.382. The Bertz CT molecular complexity index is 1730. The monoisotopic (exact) mass is 662 g/mol. The molecular weight excluding hydrogens is 620 g/mol. The lowest BCUT2D eigenvalue weighted by atomic mass is 10.0. The van der Waals surface area contributed by atoms with Gasteiger partial charge in [-0.15, -0.1) is 5.10 Å². The zero-order valence-electron chi connectivity index (χ0n) is 26.7.